The number of rotatable bonds is 9. The zero-order valence-corrected chi connectivity index (χ0v) is 15.8. The number of halogens is 1. The molecule has 0 aromatic heterocycles. The van der Waals surface area contributed by atoms with Gasteiger partial charge in [-0.15, -0.1) is 0 Å². The van der Waals surface area contributed by atoms with E-state index in [0.717, 1.165) is 5.56 Å². The Labute approximate surface area is 157 Å². The van der Waals surface area contributed by atoms with Crippen LogP contribution in [-0.2, 0) is 30.4 Å². The summed E-state index contributed by atoms with van der Waals surface area (Å²) in [7, 11) is 0. The lowest BCUT2D eigenvalue weighted by Crippen LogP contribution is -2.46. The third-order valence-electron chi connectivity index (χ3n) is 3.48. The van der Waals surface area contributed by atoms with Crippen molar-refractivity contribution in [3.8, 4) is 0 Å². The van der Waals surface area contributed by atoms with E-state index in [-0.39, 0.29) is 25.2 Å². The maximum Gasteiger partial charge on any atom is 0.408 e. The first kappa shape index (κ1) is 21.8. The molecule has 144 valence electrons. The number of carbonyl (C=O) groups is 3. The normalized spacial score (nSPS) is 12.8. The SMILES string of the molecule is CC(COC(=O)[C@@H](NC(=O)OCc1ccccc1)C(C)C)C(=O)OCCl. The largest absolute Gasteiger partial charge is 0.463 e. The summed E-state index contributed by atoms with van der Waals surface area (Å²) < 4.78 is 14.8. The summed E-state index contributed by atoms with van der Waals surface area (Å²) in [4.78, 5) is 35.6. The predicted molar refractivity (Wildman–Crippen MR) is 95.3 cm³/mol. The van der Waals surface area contributed by atoms with Crippen LogP contribution in [0.5, 0.6) is 0 Å². The first-order valence-corrected chi connectivity index (χ1v) is 8.75. The van der Waals surface area contributed by atoms with Crippen molar-refractivity contribution in [1.82, 2.24) is 5.32 Å². The van der Waals surface area contributed by atoms with Crippen molar-refractivity contribution in [2.75, 3.05) is 12.7 Å². The topological polar surface area (TPSA) is 90.9 Å². The molecule has 0 aliphatic carbocycles. The summed E-state index contributed by atoms with van der Waals surface area (Å²) in [5.41, 5.74) is 0.831. The lowest BCUT2D eigenvalue weighted by Gasteiger charge is -2.21. The van der Waals surface area contributed by atoms with Crippen LogP contribution in [0.15, 0.2) is 30.3 Å². The Balaban J connectivity index is 2.49. The molecule has 1 N–H and O–H groups in total. The van der Waals surface area contributed by atoms with E-state index in [0.29, 0.717) is 0 Å². The number of hydrogen-bond donors (Lipinski definition) is 1. The van der Waals surface area contributed by atoms with Gasteiger partial charge in [0.25, 0.3) is 0 Å². The lowest BCUT2D eigenvalue weighted by molar-refractivity contribution is -0.154. The maximum atomic E-state index is 12.2. The van der Waals surface area contributed by atoms with Crippen molar-refractivity contribution in [2.45, 2.75) is 33.4 Å². The van der Waals surface area contributed by atoms with Gasteiger partial charge in [0.05, 0.1) is 5.92 Å². The van der Waals surface area contributed by atoms with Crippen LogP contribution in [0.25, 0.3) is 0 Å². The first-order chi connectivity index (χ1) is 12.3. The van der Waals surface area contributed by atoms with Crippen LogP contribution in [0, 0.1) is 11.8 Å². The van der Waals surface area contributed by atoms with E-state index in [4.69, 9.17) is 21.1 Å². The average Bonchev–Trinajstić information content (AvgIpc) is 2.62. The molecule has 0 aliphatic heterocycles. The Kier molecular flexibility index (Phi) is 9.51. The van der Waals surface area contributed by atoms with Gasteiger partial charge in [0.15, 0.2) is 6.07 Å². The third kappa shape index (κ3) is 7.74. The Morgan fingerprint density at radius 1 is 1.00 bits per heavy atom. The second-order valence-electron chi connectivity index (χ2n) is 6.03. The zero-order chi connectivity index (χ0) is 19.5. The van der Waals surface area contributed by atoms with Crippen LogP contribution in [0.3, 0.4) is 0 Å². The average molecular weight is 386 g/mol. The zero-order valence-electron chi connectivity index (χ0n) is 15.1. The van der Waals surface area contributed by atoms with Gasteiger partial charge in [-0.1, -0.05) is 55.8 Å². The van der Waals surface area contributed by atoms with E-state index in [9.17, 15) is 14.4 Å². The fraction of sp³-hybridized carbons (Fsp3) is 0.500. The van der Waals surface area contributed by atoms with Gasteiger partial charge in [0, 0.05) is 0 Å². The molecule has 2 atom stereocenters. The number of alkyl halides is 1. The fourth-order valence-electron chi connectivity index (χ4n) is 1.95. The van der Waals surface area contributed by atoms with Crippen LogP contribution < -0.4 is 5.32 Å². The van der Waals surface area contributed by atoms with Crippen molar-refractivity contribution in [3.05, 3.63) is 35.9 Å². The van der Waals surface area contributed by atoms with E-state index < -0.39 is 30.0 Å². The highest BCUT2D eigenvalue weighted by atomic mass is 35.5. The van der Waals surface area contributed by atoms with E-state index in [2.05, 4.69) is 10.1 Å². The minimum atomic E-state index is -0.894. The van der Waals surface area contributed by atoms with Gasteiger partial charge in [-0.3, -0.25) is 4.79 Å². The number of amides is 1. The van der Waals surface area contributed by atoms with Gasteiger partial charge in [-0.2, -0.15) is 0 Å². The molecule has 0 heterocycles. The standard InChI is InChI=1S/C18H24ClNO6/c1-12(2)15(17(22)24-9-13(3)16(21)26-11-19)20-18(23)25-10-14-7-5-4-6-8-14/h4-8,12-13,15H,9-11H2,1-3H3,(H,20,23)/t13?,15-/m0/s1. The van der Waals surface area contributed by atoms with Crippen LogP contribution in [0.1, 0.15) is 26.3 Å². The van der Waals surface area contributed by atoms with E-state index in [1.165, 1.54) is 0 Å². The Hall–Kier alpha value is -2.28. The molecule has 26 heavy (non-hydrogen) atoms. The van der Waals surface area contributed by atoms with Crippen molar-refractivity contribution < 1.29 is 28.6 Å². The number of alkyl carbamates (subject to hydrolysis) is 1. The van der Waals surface area contributed by atoms with E-state index in [1.807, 2.05) is 30.3 Å². The summed E-state index contributed by atoms with van der Waals surface area (Å²) in [5.74, 6) is -2.10. The molecule has 0 spiro atoms. The number of benzene rings is 1. The summed E-state index contributed by atoms with van der Waals surface area (Å²) >= 11 is 5.31. The summed E-state index contributed by atoms with van der Waals surface area (Å²) in [6.45, 7) is 4.99. The molecule has 0 saturated carbocycles. The first-order valence-electron chi connectivity index (χ1n) is 8.21. The molecule has 0 saturated heterocycles. The summed E-state index contributed by atoms with van der Waals surface area (Å²) in [5, 5.41) is 2.49. The number of nitrogens with one attached hydrogen (secondary N) is 1. The Bertz CT molecular complexity index is 593. The van der Waals surface area contributed by atoms with E-state index in [1.54, 1.807) is 20.8 Å². The van der Waals surface area contributed by atoms with Gasteiger partial charge in [-0.05, 0) is 18.4 Å². The smallest absolute Gasteiger partial charge is 0.408 e. The minimum absolute atomic E-state index is 0.0911. The van der Waals surface area contributed by atoms with Gasteiger partial charge in [0.1, 0.15) is 19.3 Å². The monoisotopic (exact) mass is 385 g/mol. The molecular formula is C18H24ClNO6. The summed E-state index contributed by atoms with van der Waals surface area (Å²) in [6, 6.07) is 8.02. The molecule has 0 fully saturated rings. The van der Waals surface area contributed by atoms with Gasteiger partial charge in [-0.25, -0.2) is 9.59 Å². The van der Waals surface area contributed by atoms with Gasteiger partial charge < -0.3 is 19.5 Å². The van der Waals surface area contributed by atoms with Crippen LogP contribution >= 0.6 is 11.6 Å². The molecule has 1 aromatic carbocycles. The minimum Gasteiger partial charge on any atom is -0.463 e. The molecule has 1 unspecified atom stereocenters. The molecule has 1 aromatic rings. The van der Waals surface area contributed by atoms with E-state index >= 15 is 0 Å². The van der Waals surface area contributed by atoms with Crippen LogP contribution in [-0.4, -0.2) is 36.7 Å². The van der Waals surface area contributed by atoms with Gasteiger partial charge >= 0.3 is 18.0 Å². The quantitative estimate of drug-likeness (QED) is 0.399. The molecule has 1 amide bonds. The number of carbonyl (C=O) groups excluding carboxylic acids is 3. The fourth-order valence-corrected chi connectivity index (χ4v) is 2.06. The van der Waals surface area contributed by atoms with Crippen molar-refractivity contribution >= 4 is 29.6 Å². The highest BCUT2D eigenvalue weighted by Gasteiger charge is 2.27. The number of ether oxygens (including phenoxy) is 3. The molecule has 0 aliphatic rings. The third-order valence-corrected chi connectivity index (χ3v) is 3.59. The number of esters is 2. The predicted octanol–water partition coefficient (Wildman–Crippen LogP) is 2.86. The Morgan fingerprint density at radius 3 is 2.23 bits per heavy atom. The van der Waals surface area contributed by atoms with Crippen LogP contribution in [0.4, 0.5) is 4.79 Å². The van der Waals surface area contributed by atoms with Gasteiger partial charge in [0.2, 0.25) is 0 Å². The van der Waals surface area contributed by atoms with Crippen molar-refractivity contribution in [3.63, 3.8) is 0 Å². The highest BCUT2D eigenvalue weighted by Crippen LogP contribution is 2.08. The molecule has 0 bridgehead atoms. The molecule has 8 heteroatoms. The molecule has 1 rings (SSSR count). The second kappa shape index (κ2) is 11.4. The Morgan fingerprint density at radius 2 is 1.65 bits per heavy atom. The molecular weight excluding hydrogens is 362 g/mol. The van der Waals surface area contributed by atoms with Crippen molar-refractivity contribution in [1.29, 1.82) is 0 Å². The maximum absolute atomic E-state index is 12.2. The van der Waals surface area contributed by atoms with Crippen LogP contribution in [0.2, 0.25) is 0 Å². The molecule has 7 nitrogen and oxygen atoms in total. The summed E-state index contributed by atoms with van der Waals surface area (Å²) in [6.07, 6.45) is -0.723. The van der Waals surface area contributed by atoms with Crippen molar-refractivity contribution in [2.24, 2.45) is 11.8 Å². The number of hydrogen-bond acceptors (Lipinski definition) is 6. The lowest BCUT2D eigenvalue weighted by atomic mass is 10.1. The highest BCUT2D eigenvalue weighted by molar-refractivity contribution is 6.17. The molecule has 0 radical (unpaired) electrons. The second-order valence-corrected chi connectivity index (χ2v) is 6.25.